The van der Waals surface area contributed by atoms with Gasteiger partial charge in [0.1, 0.15) is 6.04 Å². The van der Waals surface area contributed by atoms with E-state index < -0.39 is 15.7 Å². The average molecular weight is 458 g/mol. The van der Waals surface area contributed by atoms with E-state index in [1.807, 2.05) is 53.4 Å². The maximum atomic E-state index is 13.7. The molecule has 0 aromatic rings. The molecule has 3 saturated heterocycles. The van der Waals surface area contributed by atoms with Crippen molar-refractivity contribution in [3.63, 3.8) is 0 Å². The van der Waals surface area contributed by atoms with Crippen molar-refractivity contribution in [2.24, 2.45) is 11.8 Å². The molecule has 0 saturated carbocycles. The van der Waals surface area contributed by atoms with E-state index in [1.165, 1.54) is 4.90 Å². The lowest BCUT2D eigenvalue weighted by molar-refractivity contribution is -0.148. The molecule has 0 unspecified atom stereocenters. The number of nitrogens with one attached hydrogen (secondary N) is 1. The summed E-state index contributed by atoms with van der Waals surface area (Å²) < 4.78 is -0.770. The lowest BCUT2D eigenvalue weighted by atomic mass is 10.0. The largest absolute Gasteiger partial charge is 0.333 e. The Balaban J connectivity index is 1.91. The summed E-state index contributed by atoms with van der Waals surface area (Å²) in [6.45, 7) is 14.0. The van der Waals surface area contributed by atoms with Gasteiger partial charge in [0.2, 0.25) is 11.8 Å². The number of thioether (sulfide) groups is 2. The highest BCUT2D eigenvalue weighted by molar-refractivity contribution is 8.22. The minimum atomic E-state index is -0.770. The quantitative estimate of drug-likeness (QED) is 0.636. The van der Waals surface area contributed by atoms with Gasteiger partial charge in [0.05, 0.1) is 17.7 Å². The van der Waals surface area contributed by atoms with Crippen LogP contribution in [0.3, 0.4) is 0 Å². The standard InChI is InChI=1S/C21H35N3O4S2/c1-12(2)15(22-28-20(5,6)7)18(26)23-9-8-14-16(23)21(29-10-11-30-21)19(27)24(14)17(25)13(3)4/h12-16,22H,8-11H2,1-7H3/t14-,15-,16-/m0/s1. The number of imide groups is 1. The van der Waals surface area contributed by atoms with Gasteiger partial charge in [-0.15, -0.1) is 23.5 Å². The molecule has 0 aliphatic carbocycles. The van der Waals surface area contributed by atoms with E-state index in [-0.39, 0.29) is 41.6 Å². The van der Waals surface area contributed by atoms with E-state index in [1.54, 1.807) is 23.5 Å². The Morgan fingerprint density at radius 2 is 1.73 bits per heavy atom. The summed E-state index contributed by atoms with van der Waals surface area (Å²) in [4.78, 5) is 49.1. The number of carbonyl (C=O) groups excluding carboxylic acids is 3. The second kappa shape index (κ2) is 8.64. The molecular weight excluding hydrogens is 422 g/mol. The molecule has 1 N–H and O–H groups in total. The number of likely N-dealkylation sites (tertiary alicyclic amines) is 2. The maximum Gasteiger partial charge on any atom is 0.258 e. The van der Waals surface area contributed by atoms with Crippen molar-refractivity contribution in [3.8, 4) is 0 Å². The number of amides is 3. The number of hydrogen-bond acceptors (Lipinski definition) is 7. The number of nitrogens with zero attached hydrogens (tertiary/aromatic N) is 2. The van der Waals surface area contributed by atoms with Gasteiger partial charge in [-0.05, 0) is 33.1 Å². The second-order valence-electron chi connectivity index (χ2n) is 9.92. The fraction of sp³-hybridized carbons (Fsp3) is 0.857. The molecule has 3 amide bonds. The molecular formula is C21H35N3O4S2. The van der Waals surface area contributed by atoms with Crippen molar-refractivity contribution in [2.45, 2.75) is 82.7 Å². The first kappa shape index (κ1) is 23.9. The molecule has 1 spiro atoms. The highest BCUT2D eigenvalue weighted by Crippen LogP contribution is 2.56. The van der Waals surface area contributed by atoms with Crippen molar-refractivity contribution in [1.82, 2.24) is 15.3 Å². The summed E-state index contributed by atoms with van der Waals surface area (Å²) in [5, 5.41) is 0. The van der Waals surface area contributed by atoms with Crippen molar-refractivity contribution >= 4 is 41.2 Å². The molecule has 0 radical (unpaired) electrons. The molecule has 3 atom stereocenters. The number of hydrogen-bond donors (Lipinski definition) is 1. The van der Waals surface area contributed by atoms with Gasteiger partial charge in [-0.2, -0.15) is 5.48 Å². The fourth-order valence-electron chi connectivity index (χ4n) is 4.35. The van der Waals surface area contributed by atoms with Crippen molar-refractivity contribution in [2.75, 3.05) is 18.1 Å². The minimum Gasteiger partial charge on any atom is -0.333 e. The normalized spacial score (nSPS) is 26.9. The molecule has 7 nitrogen and oxygen atoms in total. The molecule has 3 fully saturated rings. The van der Waals surface area contributed by atoms with Gasteiger partial charge in [0.15, 0.2) is 4.08 Å². The molecule has 3 rings (SSSR count). The van der Waals surface area contributed by atoms with E-state index in [9.17, 15) is 14.4 Å². The van der Waals surface area contributed by atoms with Crippen LogP contribution >= 0.6 is 23.5 Å². The van der Waals surface area contributed by atoms with Crippen LogP contribution in [0, 0.1) is 11.8 Å². The average Bonchev–Trinajstić information content (AvgIpc) is 3.32. The van der Waals surface area contributed by atoms with Gasteiger partial charge in [-0.1, -0.05) is 27.7 Å². The Morgan fingerprint density at radius 3 is 2.23 bits per heavy atom. The van der Waals surface area contributed by atoms with Gasteiger partial charge in [0, 0.05) is 24.0 Å². The van der Waals surface area contributed by atoms with Gasteiger partial charge in [-0.3, -0.25) is 24.1 Å². The first-order valence-corrected chi connectivity index (χ1v) is 12.8. The van der Waals surface area contributed by atoms with Crippen molar-refractivity contribution in [1.29, 1.82) is 0 Å². The zero-order valence-electron chi connectivity index (χ0n) is 19.1. The van der Waals surface area contributed by atoms with Gasteiger partial charge in [0.25, 0.3) is 5.91 Å². The van der Waals surface area contributed by atoms with Crippen molar-refractivity contribution in [3.05, 3.63) is 0 Å². The molecule has 0 bridgehead atoms. The van der Waals surface area contributed by atoms with Crippen LogP contribution in [-0.4, -0.2) is 73.4 Å². The zero-order valence-corrected chi connectivity index (χ0v) is 20.7. The zero-order chi connectivity index (χ0) is 22.4. The first-order chi connectivity index (χ1) is 13.9. The molecule has 0 aromatic carbocycles. The van der Waals surface area contributed by atoms with Crippen LogP contribution in [0.5, 0.6) is 0 Å². The van der Waals surface area contributed by atoms with E-state index in [4.69, 9.17) is 4.84 Å². The van der Waals surface area contributed by atoms with Crippen LogP contribution in [0.2, 0.25) is 0 Å². The van der Waals surface area contributed by atoms with Gasteiger partial charge in [-0.25, -0.2) is 0 Å². The second-order valence-corrected chi connectivity index (χ2v) is 12.9. The van der Waals surface area contributed by atoms with Crippen LogP contribution in [0.15, 0.2) is 0 Å². The van der Waals surface area contributed by atoms with Crippen LogP contribution in [0.1, 0.15) is 54.9 Å². The van der Waals surface area contributed by atoms with Crippen molar-refractivity contribution < 1.29 is 19.2 Å². The van der Waals surface area contributed by atoms with Crippen LogP contribution in [0.4, 0.5) is 0 Å². The Hall–Kier alpha value is -0.770. The summed E-state index contributed by atoms with van der Waals surface area (Å²) in [5.74, 6) is 1.15. The molecule has 0 aromatic heterocycles. The first-order valence-electron chi connectivity index (χ1n) is 10.8. The van der Waals surface area contributed by atoms with E-state index in [2.05, 4.69) is 5.48 Å². The highest BCUT2D eigenvalue weighted by Gasteiger charge is 2.67. The Kier molecular flexibility index (Phi) is 6.88. The third kappa shape index (κ3) is 4.14. The Labute approximate surface area is 188 Å². The van der Waals surface area contributed by atoms with Crippen LogP contribution in [-0.2, 0) is 19.2 Å². The predicted molar refractivity (Wildman–Crippen MR) is 121 cm³/mol. The third-order valence-electron chi connectivity index (χ3n) is 5.76. The van der Waals surface area contributed by atoms with E-state index >= 15 is 0 Å². The lowest BCUT2D eigenvalue weighted by Crippen LogP contribution is -2.56. The molecule has 9 heteroatoms. The number of carbonyl (C=O) groups is 3. The molecule has 3 aliphatic rings. The summed E-state index contributed by atoms with van der Waals surface area (Å²) in [5.41, 5.74) is 2.56. The lowest BCUT2D eigenvalue weighted by Gasteiger charge is -2.36. The number of rotatable bonds is 5. The predicted octanol–water partition coefficient (Wildman–Crippen LogP) is 2.50. The van der Waals surface area contributed by atoms with E-state index in [0.29, 0.717) is 13.0 Å². The summed E-state index contributed by atoms with van der Waals surface area (Å²) >= 11 is 3.21. The SMILES string of the molecule is CC(C)C(=O)N1C(=O)C2(SCCS2)[C@@H]2[C@@H]1CCN2C(=O)[C@@H](NOC(C)(C)C)C(C)C. The Bertz CT molecular complexity index is 701. The van der Waals surface area contributed by atoms with Crippen LogP contribution in [0.25, 0.3) is 0 Å². The molecule has 3 aliphatic heterocycles. The Morgan fingerprint density at radius 1 is 1.13 bits per heavy atom. The number of fused-ring (bicyclic) bond motifs is 2. The third-order valence-corrected chi connectivity index (χ3v) is 9.23. The summed E-state index contributed by atoms with van der Waals surface area (Å²) in [6, 6.07) is -1.05. The number of hydroxylamine groups is 1. The smallest absolute Gasteiger partial charge is 0.258 e. The van der Waals surface area contributed by atoms with Gasteiger partial charge >= 0.3 is 0 Å². The van der Waals surface area contributed by atoms with Crippen LogP contribution < -0.4 is 5.48 Å². The monoisotopic (exact) mass is 457 g/mol. The summed E-state index contributed by atoms with van der Waals surface area (Å²) in [6.07, 6.45) is 0.633. The fourth-order valence-corrected chi connectivity index (χ4v) is 7.81. The molecule has 170 valence electrons. The molecule has 3 heterocycles. The summed E-state index contributed by atoms with van der Waals surface area (Å²) in [7, 11) is 0. The van der Waals surface area contributed by atoms with Gasteiger partial charge < -0.3 is 4.90 Å². The highest BCUT2D eigenvalue weighted by atomic mass is 32.2. The maximum absolute atomic E-state index is 13.7. The topological polar surface area (TPSA) is 79.0 Å². The van der Waals surface area contributed by atoms with E-state index in [0.717, 1.165) is 11.5 Å². The molecule has 30 heavy (non-hydrogen) atoms. The minimum absolute atomic E-state index is 0.0178.